The summed E-state index contributed by atoms with van der Waals surface area (Å²) in [6.07, 6.45) is 0. The number of aromatic nitrogens is 2. The summed E-state index contributed by atoms with van der Waals surface area (Å²) in [7, 11) is 3.10. The second-order valence-electron chi connectivity index (χ2n) is 5.29. The van der Waals surface area contributed by atoms with E-state index in [-0.39, 0.29) is 11.7 Å². The van der Waals surface area contributed by atoms with E-state index in [1.165, 1.54) is 0 Å². The summed E-state index contributed by atoms with van der Waals surface area (Å²) in [6.45, 7) is 0. The summed E-state index contributed by atoms with van der Waals surface area (Å²) in [5, 5.41) is 11.1. The molecule has 0 saturated carbocycles. The van der Waals surface area contributed by atoms with Crippen molar-refractivity contribution in [1.29, 1.82) is 0 Å². The highest BCUT2D eigenvalue weighted by molar-refractivity contribution is 9.10. The number of nitrogens with one attached hydrogen (secondary N) is 1. The van der Waals surface area contributed by atoms with Crippen LogP contribution in [0.2, 0.25) is 0 Å². The second-order valence-corrected chi connectivity index (χ2v) is 7.07. The van der Waals surface area contributed by atoms with Crippen LogP contribution in [-0.2, 0) is 4.79 Å². The maximum absolute atomic E-state index is 12.2. The summed E-state index contributed by atoms with van der Waals surface area (Å²) in [4.78, 5) is 12.2. The van der Waals surface area contributed by atoms with E-state index in [0.29, 0.717) is 28.3 Å². The van der Waals surface area contributed by atoms with E-state index in [0.717, 1.165) is 21.8 Å². The Balaban J connectivity index is 1.61. The van der Waals surface area contributed by atoms with Gasteiger partial charge >= 0.3 is 0 Å². The Morgan fingerprint density at radius 1 is 1.15 bits per heavy atom. The monoisotopic (exact) mass is 449 g/mol. The predicted octanol–water partition coefficient (Wildman–Crippen LogP) is 4.25. The zero-order valence-corrected chi connectivity index (χ0v) is 17.0. The fourth-order valence-corrected chi connectivity index (χ4v) is 3.23. The van der Waals surface area contributed by atoms with Crippen LogP contribution in [0.4, 0.5) is 5.69 Å². The third-order valence-electron chi connectivity index (χ3n) is 3.47. The highest BCUT2D eigenvalue weighted by Crippen LogP contribution is 2.29. The predicted molar refractivity (Wildman–Crippen MR) is 106 cm³/mol. The van der Waals surface area contributed by atoms with Crippen LogP contribution in [-0.4, -0.2) is 36.1 Å². The first kappa shape index (κ1) is 19.2. The zero-order valence-electron chi connectivity index (χ0n) is 14.6. The van der Waals surface area contributed by atoms with Crippen molar-refractivity contribution in [3.63, 3.8) is 0 Å². The van der Waals surface area contributed by atoms with Gasteiger partial charge in [-0.2, -0.15) is 0 Å². The molecule has 0 aliphatic carbocycles. The SMILES string of the molecule is COc1cc(NC(=O)CSc2nnc(-c3ccccc3Br)o2)cc(OC)c1. The number of ether oxygens (including phenoxy) is 2. The molecule has 7 nitrogen and oxygen atoms in total. The van der Waals surface area contributed by atoms with Crippen molar-refractivity contribution in [3.8, 4) is 23.0 Å². The van der Waals surface area contributed by atoms with Crippen molar-refractivity contribution in [1.82, 2.24) is 10.2 Å². The number of hydrogen-bond donors (Lipinski definition) is 1. The Labute approximate surface area is 168 Å². The van der Waals surface area contributed by atoms with E-state index in [9.17, 15) is 4.79 Å². The molecule has 0 spiro atoms. The molecular formula is C18H16BrN3O4S. The third kappa shape index (κ3) is 5.01. The Morgan fingerprint density at radius 2 is 1.85 bits per heavy atom. The smallest absolute Gasteiger partial charge is 0.277 e. The molecule has 0 aliphatic heterocycles. The van der Waals surface area contributed by atoms with Crippen LogP contribution >= 0.6 is 27.7 Å². The molecule has 3 aromatic rings. The molecule has 0 bridgehead atoms. The number of hydrogen-bond acceptors (Lipinski definition) is 7. The van der Waals surface area contributed by atoms with Gasteiger partial charge in [0.15, 0.2) is 0 Å². The molecule has 0 atom stereocenters. The van der Waals surface area contributed by atoms with Crippen LogP contribution in [0, 0.1) is 0 Å². The molecule has 0 radical (unpaired) electrons. The van der Waals surface area contributed by atoms with Gasteiger partial charge in [-0.05, 0) is 28.1 Å². The summed E-state index contributed by atoms with van der Waals surface area (Å²) in [6, 6.07) is 12.7. The number of halogens is 1. The molecule has 140 valence electrons. The molecule has 3 rings (SSSR count). The molecule has 1 aromatic heterocycles. The molecular weight excluding hydrogens is 434 g/mol. The average molecular weight is 450 g/mol. The topological polar surface area (TPSA) is 86.5 Å². The maximum atomic E-state index is 12.2. The molecule has 1 amide bonds. The minimum atomic E-state index is -0.212. The van der Waals surface area contributed by atoms with E-state index in [4.69, 9.17) is 13.9 Å². The molecule has 9 heteroatoms. The van der Waals surface area contributed by atoms with E-state index in [1.54, 1.807) is 32.4 Å². The van der Waals surface area contributed by atoms with E-state index >= 15 is 0 Å². The Bertz CT molecular complexity index is 926. The van der Waals surface area contributed by atoms with Crippen molar-refractivity contribution >= 4 is 39.3 Å². The summed E-state index contributed by atoms with van der Waals surface area (Å²) < 4.78 is 16.8. The van der Waals surface area contributed by atoms with Crippen LogP contribution < -0.4 is 14.8 Å². The van der Waals surface area contributed by atoms with Crippen LogP contribution in [0.25, 0.3) is 11.5 Å². The highest BCUT2D eigenvalue weighted by Gasteiger charge is 2.13. The van der Waals surface area contributed by atoms with Crippen LogP contribution in [0.1, 0.15) is 0 Å². The van der Waals surface area contributed by atoms with Gasteiger partial charge in [0.05, 0.1) is 25.5 Å². The van der Waals surface area contributed by atoms with Crippen molar-refractivity contribution in [2.75, 3.05) is 25.3 Å². The van der Waals surface area contributed by atoms with Gasteiger partial charge in [0, 0.05) is 28.4 Å². The minimum Gasteiger partial charge on any atom is -0.497 e. The number of thioether (sulfide) groups is 1. The van der Waals surface area contributed by atoms with Gasteiger partial charge in [-0.25, -0.2) is 0 Å². The number of methoxy groups -OCH3 is 2. The molecule has 2 aromatic carbocycles. The van der Waals surface area contributed by atoms with Crippen LogP contribution in [0.15, 0.2) is 56.6 Å². The van der Waals surface area contributed by atoms with E-state index in [1.807, 2.05) is 24.3 Å². The van der Waals surface area contributed by atoms with Crippen molar-refractivity contribution in [3.05, 3.63) is 46.9 Å². The highest BCUT2D eigenvalue weighted by atomic mass is 79.9. The summed E-state index contributed by atoms with van der Waals surface area (Å²) in [5.41, 5.74) is 1.38. The van der Waals surface area contributed by atoms with Gasteiger partial charge in [-0.3, -0.25) is 4.79 Å². The van der Waals surface area contributed by atoms with Gasteiger partial charge in [0.2, 0.25) is 11.8 Å². The van der Waals surface area contributed by atoms with Gasteiger partial charge in [0.25, 0.3) is 5.22 Å². The first-order valence-corrected chi connectivity index (χ1v) is 9.61. The lowest BCUT2D eigenvalue weighted by Gasteiger charge is -2.09. The van der Waals surface area contributed by atoms with Gasteiger partial charge < -0.3 is 19.2 Å². The third-order valence-corrected chi connectivity index (χ3v) is 4.98. The van der Waals surface area contributed by atoms with E-state index < -0.39 is 0 Å². The van der Waals surface area contributed by atoms with Gasteiger partial charge in [-0.15, -0.1) is 10.2 Å². The average Bonchev–Trinajstić information content (AvgIpc) is 3.15. The number of nitrogens with zero attached hydrogens (tertiary/aromatic N) is 2. The molecule has 27 heavy (non-hydrogen) atoms. The molecule has 1 N–H and O–H groups in total. The first-order valence-electron chi connectivity index (χ1n) is 7.83. The number of carbonyl (C=O) groups excluding carboxylic acids is 1. The summed E-state index contributed by atoms with van der Waals surface area (Å²) in [5.74, 6) is 1.48. The fourth-order valence-electron chi connectivity index (χ4n) is 2.22. The lowest BCUT2D eigenvalue weighted by atomic mass is 10.2. The number of carbonyl (C=O) groups is 1. The number of anilines is 1. The Kier molecular flexibility index (Phi) is 6.36. The largest absolute Gasteiger partial charge is 0.497 e. The van der Waals surface area contributed by atoms with Gasteiger partial charge in [-0.1, -0.05) is 23.9 Å². The molecule has 0 unspecified atom stereocenters. The lowest BCUT2D eigenvalue weighted by Crippen LogP contribution is -2.14. The van der Waals surface area contributed by atoms with Gasteiger partial charge in [0.1, 0.15) is 11.5 Å². The van der Waals surface area contributed by atoms with Crippen molar-refractivity contribution < 1.29 is 18.7 Å². The van der Waals surface area contributed by atoms with E-state index in [2.05, 4.69) is 31.4 Å². The minimum absolute atomic E-state index is 0.122. The molecule has 0 fully saturated rings. The first-order chi connectivity index (χ1) is 13.1. The number of amides is 1. The molecule has 0 aliphatic rings. The second kappa shape index (κ2) is 8.92. The normalized spacial score (nSPS) is 10.5. The number of rotatable bonds is 7. The summed E-state index contributed by atoms with van der Waals surface area (Å²) >= 11 is 4.60. The van der Waals surface area contributed by atoms with Crippen molar-refractivity contribution in [2.45, 2.75) is 5.22 Å². The standard InChI is InChI=1S/C18H16BrN3O4S/c1-24-12-7-11(8-13(9-12)25-2)20-16(23)10-27-18-22-21-17(26-18)14-5-3-4-6-15(14)19/h3-9H,10H2,1-2H3,(H,20,23). The zero-order chi connectivity index (χ0) is 19.2. The maximum Gasteiger partial charge on any atom is 0.277 e. The number of benzene rings is 2. The fraction of sp³-hybridized carbons (Fsp3) is 0.167. The quantitative estimate of drug-likeness (QED) is 0.539. The van der Waals surface area contributed by atoms with Crippen molar-refractivity contribution in [2.24, 2.45) is 0 Å². The Morgan fingerprint density at radius 3 is 2.52 bits per heavy atom. The van der Waals surface area contributed by atoms with Crippen LogP contribution in [0.3, 0.4) is 0 Å². The lowest BCUT2D eigenvalue weighted by molar-refractivity contribution is -0.113. The molecule has 1 heterocycles. The van der Waals surface area contributed by atoms with Crippen LogP contribution in [0.5, 0.6) is 11.5 Å². The Hall–Kier alpha value is -2.52. The molecule has 0 saturated heterocycles.